The summed E-state index contributed by atoms with van der Waals surface area (Å²) in [6.07, 6.45) is 1.85. The molecule has 0 radical (unpaired) electrons. The molecule has 1 unspecified atom stereocenters. The van der Waals surface area contributed by atoms with E-state index in [2.05, 4.69) is 131 Å². The van der Waals surface area contributed by atoms with Crippen molar-refractivity contribution in [3.05, 3.63) is 176 Å². The Labute approximate surface area is 284 Å². The zero-order valence-corrected chi connectivity index (χ0v) is 27.4. The van der Waals surface area contributed by atoms with Crippen LogP contribution in [0.15, 0.2) is 176 Å². The number of hydrogen-bond donors (Lipinski definition) is 0. The van der Waals surface area contributed by atoms with Crippen molar-refractivity contribution in [1.82, 2.24) is 9.55 Å². The second kappa shape index (κ2) is 10.8. The Kier molecular flexibility index (Phi) is 6.15. The van der Waals surface area contributed by atoms with Gasteiger partial charge in [0.25, 0.3) is 0 Å². The molecule has 9 aromatic rings. The van der Waals surface area contributed by atoms with Gasteiger partial charge in [0.15, 0.2) is 7.14 Å². The fourth-order valence-electron chi connectivity index (χ4n) is 7.85. The molecule has 2 aromatic heterocycles. The van der Waals surface area contributed by atoms with Gasteiger partial charge in [-0.3, -0.25) is 4.98 Å². The molecule has 7 aromatic carbocycles. The predicted molar refractivity (Wildman–Crippen MR) is 205 cm³/mol. The van der Waals surface area contributed by atoms with Gasteiger partial charge in [-0.2, -0.15) is 0 Å². The molecule has 1 atom stereocenters. The van der Waals surface area contributed by atoms with Gasteiger partial charge >= 0.3 is 0 Å². The molecular weight excluding hydrogens is 615 g/mol. The van der Waals surface area contributed by atoms with Crippen LogP contribution in [0.4, 0.5) is 0 Å². The van der Waals surface area contributed by atoms with Crippen molar-refractivity contribution in [1.29, 1.82) is 0 Å². The lowest BCUT2D eigenvalue weighted by Crippen LogP contribution is -2.21. The van der Waals surface area contributed by atoms with E-state index >= 15 is 4.57 Å². The van der Waals surface area contributed by atoms with Crippen LogP contribution in [0.3, 0.4) is 0 Å². The molecule has 0 saturated carbocycles. The summed E-state index contributed by atoms with van der Waals surface area (Å²) in [4.78, 5) is 4.65. The Morgan fingerprint density at radius 1 is 0.490 bits per heavy atom. The van der Waals surface area contributed by atoms with Crippen molar-refractivity contribution in [2.75, 3.05) is 0 Å². The maximum absolute atomic E-state index is 15.6. The molecule has 0 fully saturated rings. The van der Waals surface area contributed by atoms with Crippen LogP contribution in [0.1, 0.15) is 0 Å². The van der Waals surface area contributed by atoms with E-state index in [-0.39, 0.29) is 0 Å². The Morgan fingerprint density at radius 3 is 2.00 bits per heavy atom. The van der Waals surface area contributed by atoms with E-state index in [1.54, 1.807) is 0 Å². The molecular formula is C45H29N2OP. The molecule has 1 aliphatic rings. The molecule has 0 spiro atoms. The first-order chi connectivity index (χ1) is 24.2. The number of hydrogen-bond acceptors (Lipinski definition) is 2. The smallest absolute Gasteiger partial charge is 0.172 e. The monoisotopic (exact) mass is 644 g/mol. The van der Waals surface area contributed by atoms with Gasteiger partial charge in [-0.15, -0.1) is 0 Å². The van der Waals surface area contributed by atoms with Crippen molar-refractivity contribution in [2.45, 2.75) is 0 Å². The molecule has 230 valence electrons. The third kappa shape index (κ3) is 4.10. The van der Waals surface area contributed by atoms with Gasteiger partial charge in [-0.25, -0.2) is 0 Å². The molecule has 3 nitrogen and oxygen atoms in total. The summed E-state index contributed by atoms with van der Waals surface area (Å²) < 4.78 is 18.0. The molecule has 1 aliphatic heterocycles. The highest BCUT2D eigenvalue weighted by Crippen LogP contribution is 2.55. The summed E-state index contributed by atoms with van der Waals surface area (Å²) in [6, 6.07) is 59.1. The van der Waals surface area contributed by atoms with Gasteiger partial charge in [-0.1, -0.05) is 140 Å². The van der Waals surface area contributed by atoms with Crippen LogP contribution in [0.25, 0.3) is 71.8 Å². The van der Waals surface area contributed by atoms with Crippen molar-refractivity contribution >= 4 is 55.8 Å². The van der Waals surface area contributed by atoms with Gasteiger partial charge in [0.1, 0.15) is 0 Å². The number of fused-ring (bicyclic) bond motifs is 8. The summed E-state index contributed by atoms with van der Waals surface area (Å²) in [5.74, 6) is 0. The Morgan fingerprint density at radius 2 is 1.16 bits per heavy atom. The lowest BCUT2D eigenvalue weighted by molar-refractivity contribution is 0.593. The van der Waals surface area contributed by atoms with E-state index in [0.717, 1.165) is 87.7 Å². The van der Waals surface area contributed by atoms with Crippen LogP contribution in [-0.4, -0.2) is 9.55 Å². The van der Waals surface area contributed by atoms with Gasteiger partial charge in [0, 0.05) is 49.5 Å². The molecule has 4 heteroatoms. The number of nitrogens with zero attached hydrogens (tertiary/aromatic N) is 2. The lowest BCUT2D eigenvalue weighted by Gasteiger charge is -2.17. The molecule has 10 rings (SSSR count). The number of pyridine rings is 1. The fraction of sp³-hybridized carbons (Fsp3) is 0. The van der Waals surface area contributed by atoms with E-state index in [1.165, 1.54) is 0 Å². The molecule has 0 bridgehead atoms. The van der Waals surface area contributed by atoms with Gasteiger partial charge in [0.05, 0.1) is 16.6 Å². The van der Waals surface area contributed by atoms with Crippen molar-refractivity contribution in [2.24, 2.45) is 0 Å². The topological polar surface area (TPSA) is 34.9 Å². The molecule has 0 saturated heterocycles. The first kappa shape index (κ1) is 28.0. The van der Waals surface area contributed by atoms with E-state index < -0.39 is 7.14 Å². The highest BCUT2D eigenvalue weighted by Gasteiger charge is 2.42. The minimum Gasteiger partial charge on any atom is -0.309 e. The van der Waals surface area contributed by atoms with E-state index in [4.69, 9.17) is 0 Å². The average molecular weight is 645 g/mol. The first-order valence-corrected chi connectivity index (χ1v) is 18.3. The minimum atomic E-state index is -3.14. The molecule has 3 heterocycles. The Bertz CT molecular complexity index is 2780. The van der Waals surface area contributed by atoms with Crippen molar-refractivity contribution in [3.63, 3.8) is 0 Å². The largest absolute Gasteiger partial charge is 0.309 e. The van der Waals surface area contributed by atoms with Crippen LogP contribution >= 0.6 is 7.14 Å². The van der Waals surface area contributed by atoms with Gasteiger partial charge < -0.3 is 9.13 Å². The Hall–Kier alpha value is -6.02. The highest BCUT2D eigenvalue weighted by molar-refractivity contribution is 7.86. The second-order valence-electron chi connectivity index (χ2n) is 12.7. The molecule has 0 N–H and O–H groups in total. The zero-order valence-electron chi connectivity index (χ0n) is 26.5. The quantitative estimate of drug-likeness (QED) is 0.179. The number of rotatable bonds is 4. The number of benzene rings is 7. The number of para-hydroxylation sites is 2. The van der Waals surface area contributed by atoms with Gasteiger partial charge in [0.2, 0.25) is 0 Å². The maximum atomic E-state index is 15.6. The van der Waals surface area contributed by atoms with Crippen LogP contribution in [0, 0.1) is 0 Å². The third-order valence-corrected chi connectivity index (χ3v) is 13.3. The van der Waals surface area contributed by atoms with Crippen LogP contribution in [0.2, 0.25) is 0 Å². The lowest BCUT2D eigenvalue weighted by atomic mass is 9.98. The number of aromatic nitrogens is 2. The Balaban J connectivity index is 1.11. The fourth-order valence-corrected chi connectivity index (χ4v) is 11.1. The molecule has 49 heavy (non-hydrogen) atoms. The van der Waals surface area contributed by atoms with Crippen LogP contribution in [-0.2, 0) is 4.57 Å². The molecule has 0 aliphatic carbocycles. The average Bonchev–Trinajstić information content (AvgIpc) is 3.65. The standard InChI is InChI=1S/C45H29N2OP/c48-49(35-12-2-1-3-13-35)42-18-7-5-14-37(42)38-27-28-41-43(45(38)49)39-15-4-6-17-40(39)47(41)34-25-23-31(24-26-34)30-19-21-32(22-20-30)36-16-8-10-33-11-9-29-46-44(33)36/h1-29H. The molecule has 0 amide bonds. The van der Waals surface area contributed by atoms with Crippen molar-refractivity contribution < 1.29 is 4.57 Å². The normalized spacial score (nSPS) is 15.1. The van der Waals surface area contributed by atoms with E-state index in [0.29, 0.717) is 0 Å². The third-order valence-electron chi connectivity index (χ3n) is 10.1. The summed E-state index contributed by atoms with van der Waals surface area (Å²) >= 11 is 0. The summed E-state index contributed by atoms with van der Waals surface area (Å²) in [7, 11) is -3.14. The van der Waals surface area contributed by atoms with Gasteiger partial charge in [-0.05, 0) is 58.1 Å². The maximum Gasteiger partial charge on any atom is 0.172 e. The van der Waals surface area contributed by atoms with Crippen LogP contribution < -0.4 is 15.9 Å². The summed E-state index contributed by atoms with van der Waals surface area (Å²) in [6.45, 7) is 0. The zero-order chi connectivity index (χ0) is 32.5. The minimum absolute atomic E-state index is 0.873. The van der Waals surface area contributed by atoms with E-state index in [1.807, 2.05) is 54.7 Å². The van der Waals surface area contributed by atoms with Crippen LogP contribution in [0.5, 0.6) is 0 Å². The van der Waals surface area contributed by atoms with E-state index in [9.17, 15) is 0 Å². The second-order valence-corrected chi connectivity index (χ2v) is 15.3. The SMILES string of the molecule is O=P1(c2ccccc2)c2ccccc2-c2ccc3c(c21)c1ccccc1n3-c1ccc(-c2ccc(-c3cccc4cccnc34)cc2)cc1. The predicted octanol–water partition coefficient (Wildman–Crippen LogP) is 10.3. The summed E-state index contributed by atoms with van der Waals surface area (Å²) in [5, 5.41) is 6.07. The van der Waals surface area contributed by atoms with Crippen molar-refractivity contribution in [3.8, 4) is 39.1 Å². The highest BCUT2D eigenvalue weighted by atomic mass is 31.2. The first-order valence-electron chi connectivity index (χ1n) is 16.6. The summed E-state index contributed by atoms with van der Waals surface area (Å²) in [5.41, 5.74) is 11.0.